The van der Waals surface area contributed by atoms with Gasteiger partial charge in [0.1, 0.15) is 24.1 Å². The summed E-state index contributed by atoms with van der Waals surface area (Å²) in [5, 5.41) is 3.64. The van der Waals surface area contributed by atoms with Gasteiger partial charge in [0.25, 0.3) is 0 Å². The molecule has 0 heterocycles. The van der Waals surface area contributed by atoms with E-state index in [1.54, 1.807) is 61.5 Å². The lowest BCUT2D eigenvalue weighted by atomic mass is 10.1. The molecule has 214 valence electrons. The highest BCUT2D eigenvalue weighted by atomic mass is 35.5. The van der Waals surface area contributed by atoms with Crippen molar-refractivity contribution in [1.82, 2.24) is 10.2 Å². The zero-order chi connectivity index (χ0) is 29.4. The molecular weight excluding hydrogens is 573 g/mol. The molecule has 0 saturated heterocycles. The van der Waals surface area contributed by atoms with Crippen LogP contribution >= 0.6 is 23.2 Å². The van der Waals surface area contributed by atoms with Crippen LogP contribution in [0, 0.1) is 0 Å². The summed E-state index contributed by atoms with van der Waals surface area (Å²) in [6.45, 7) is 4.85. The fourth-order valence-electron chi connectivity index (χ4n) is 3.80. The molecule has 40 heavy (non-hydrogen) atoms. The number of para-hydroxylation sites is 1. The largest absolute Gasteiger partial charge is 0.457 e. The number of carbonyl (C=O) groups is 2. The topological polar surface area (TPSA) is 96.0 Å². The van der Waals surface area contributed by atoms with Gasteiger partial charge in [0.15, 0.2) is 0 Å². The SMILES string of the molecule is CC[C@H](C)NC(=O)[C@H](C)N(Cc1ccc(Cl)cc1Cl)C(=O)CN(c1ccc(Oc2ccccc2)cc1)S(C)(=O)=O. The molecule has 11 heteroatoms. The minimum absolute atomic E-state index is 0.0224. The van der Waals surface area contributed by atoms with Gasteiger partial charge in [-0.15, -0.1) is 0 Å². The van der Waals surface area contributed by atoms with Gasteiger partial charge in [0.2, 0.25) is 21.8 Å². The quantitative estimate of drug-likeness (QED) is 0.278. The van der Waals surface area contributed by atoms with E-state index in [4.69, 9.17) is 27.9 Å². The molecule has 0 aliphatic carbocycles. The third-order valence-corrected chi connectivity index (χ3v) is 8.03. The average Bonchev–Trinajstić information content (AvgIpc) is 2.91. The summed E-state index contributed by atoms with van der Waals surface area (Å²) >= 11 is 12.4. The summed E-state index contributed by atoms with van der Waals surface area (Å²) < 4.78 is 32.4. The molecule has 0 spiro atoms. The number of benzene rings is 3. The number of amides is 2. The molecule has 0 radical (unpaired) electrons. The van der Waals surface area contributed by atoms with Crippen LogP contribution in [-0.2, 0) is 26.2 Å². The minimum atomic E-state index is -3.87. The number of anilines is 1. The Labute approximate surface area is 245 Å². The molecule has 1 N–H and O–H groups in total. The van der Waals surface area contributed by atoms with Crippen LogP contribution in [0.3, 0.4) is 0 Å². The molecule has 0 bridgehead atoms. The van der Waals surface area contributed by atoms with Crippen molar-refractivity contribution in [3.63, 3.8) is 0 Å². The van der Waals surface area contributed by atoms with Gasteiger partial charge in [-0.25, -0.2) is 8.42 Å². The number of carbonyl (C=O) groups excluding carboxylic acids is 2. The number of rotatable bonds is 12. The van der Waals surface area contributed by atoms with E-state index in [1.165, 1.54) is 4.90 Å². The maximum absolute atomic E-state index is 13.7. The molecular formula is C29H33Cl2N3O5S. The Balaban J connectivity index is 1.88. The molecule has 3 aromatic rings. The molecule has 2 atom stereocenters. The van der Waals surface area contributed by atoms with E-state index in [1.807, 2.05) is 32.0 Å². The first-order chi connectivity index (χ1) is 18.9. The zero-order valence-corrected chi connectivity index (χ0v) is 25.1. The van der Waals surface area contributed by atoms with Crippen molar-refractivity contribution in [3.05, 3.63) is 88.4 Å². The van der Waals surface area contributed by atoms with E-state index in [2.05, 4.69) is 5.32 Å². The summed E-state index contributed by atoms with van der Waals surface area (Å²) in [6, 6.07) is 19.4. The molecule has 0 saturated carbocycles. The smallest absolute Gasteiger partial charge is 0.244 e. The van der Waals surface area contributed by atoms with E-state index in [0.717, 1.165) is 10.6 Å². The third kappa shape index (κ3) is 8.61. The van der Waals surface area contributed by atoms with Gasteiger partial charge in [0.05, 0.1) is 11.9 Å². The molecule has 0 aliphatic heterocycles. The van der Waals surface area contributed by atoms with Crippen LogP contribution in [0.15, 0.2) is 72.8 Å². The third-order valence-electron chi connectivity index (χ3n) is 6.31. The first kappa shape index (κ1) is 31.3. The average molecular weight is 607 g/mol. The van der Waals surface area contributed by atoms with Gasteiger partial charge in [-0.1, -0.05) is 54.4 Å². The molecule has 8 nitrogen and oxygen atoms in total. The summed E-state index contributed by atoms with van der Waals surface area (Å²) in [6.07, 6.45) is 1.73. The number of hydrogen-bond donors (Lipinski definition) is 1. The lowest BCUT2D eigenvalue weighted by Crippen LogP contribution is -2.52. The normalized spacial score (nSPS) is 12.8. The summed E-state index contributed by atoms with van der Waals surface area (Å²) in [5.74, 6) is 0.199. The lowest BCUT2D eigenvalue weighted by Gasteiger charge is -2.32. The van der Waals surface area contributed by atoms with Gasteiger partial charge in [-0.05, 0) is 74.4 Å². The first-order valence-electron chi connectivity index (χ1n) is 12.7. The Bertz CT molecular complexity index is 1420. The number of sulfonamides is 1. The Morgan fingerprint density at radius 3 is 2.15 bits per heavy atom. The van der Waals surface area contributed by atoms with Gasteiger partial charge in [-0.2, -0.15) is 0 Å². The monoisotopic (exact) mass is 605 g/mol. The van der Waals surface area contributed by atoms with Gasteiger partial charge >= 0.3 is 0 Å². The van der Waals surface area contributed by atoms with Crippen molar-refractivity contribution in [2.45, 2.75) is 45.8 Å². The van der Waals surface area contributed by atoms with Gasteiger partial charge < -0.3 is 15.0 Å². The Morgan fingerprint density at radius 1 is 0.950 bits per heavy atom. The molecule has 0 aliphatic rings. The second-order valence-corrected chi connectivity index (χ2v) is 12.2. The molecule has 2 amide bonds. The summed E-state index contributed by atoms with van der Waals surface area (Å²) in [5.41, 5.74) is 0.841. The van der Waals surface area contributed by atoms with Crippen molar-refractivity contribution < 1.29 is 22.7 Å². The van der Waals surface area contributed by atoms with Crippen LogP contribution in [0.1, 0.15) is 32.8 Å². The standard InChI is InChI=1S/C29H33Cl2N3O5S/c1-5-20(2)32-29(36)21(3)33(18-22-11-12-23(30)17-27(22)31)28(35)19-34(40(4,37)38)24-13-15-26(16-14-24)39-25-9-7-6-8-10-25/h6-17,20-21H,5,18-19H2,1-4H3,(H,32,36)/t20-,21-/m0/s1. The highest BCUT2D eigenvalue weighted by Gasteiger charge is 2.31. The number of nitrogens with zero attached hydrogens (tertiary/aromatic N) is 2. The molecule has 3 aromatic carbocycles. The van der Waals surface area contributed by atoms with E-state index in [-0.39, 0.29) is 24.2 Å². The zero-order valence-electron chi connectivity index (χ0n) is 22.8. The predicted molar refractivity (Wildman–Crippen MR) is 160 cm³/mol. The van der Waals surface area contributed by atoms with Gasteiger partial charge in [0, 0.05) is 22.6 Å². The van der Waals surface area contributed by atoms with Crippen LogP contribution < -0.4 is 14.4 Å². The molecule has 0 fully saturated rings. The van der Waals surface area contributed by atoms with Crippen molar-refractivity contribution in [2.75, 3.05) is 17.1 Å². The first-order valence-corrected chi connectivity index (χ1v) is 15.3. The number of ether oxygens (including phenoxy) is 1. The van der Waals surface area contributed by atoms with Crippen LogP contribution in [-0.4, -0.2) is 50.0 Å². The Hall–Kier alpha value is -3.27. The maximum atomic E-state index is 13.7. The number of hydrogen-bond acceptors (Lipinski definition) is 5. The highest BCUT2D eigenvalue weighted by molar-refractivity contribution is 7.92. The molecule has 0 unspecified atom stereocenters. The fraction of sp³-hybridized carbons (Fsp3) is 0.310. The van der Waals surface area contributed by atoms with Crippen molar-refractivity contribution >= 4 is 50.7 Å². The fourth-order valence-corrected chi connectivity index (χ4v) is 5.12. The van der Waals surface area contributed by atoms with Crippen LogP contribution in [0.25, 0.3) is 0 Å². The van der Waals surface area contributed by atoms with Crippen LogP contribution in [0.5, 0.6) is 11.5 Å². The molecule has 3 rings (SSSR count). The number of halogens is 2. The van der Waals surface area contributed by atoms with Crippen LogP contribution in [0.2, 0.25) is 10.0 Å². The van der Waals surface area contributed by atoms with E-state index in [0.29, 0.717) is 33.5 Å². The van der Waals surface area contributed by atoms with E-state index >= 15 is 0 Å². The van der Waals surface area contributed by atoms with E-state index < -0.39 is 28.5 Å². The minimum Gasteiger partial charge on any atom is -0.457 e. The Morgan fingerprint density at radius 2 is 1.57 bits per heavy atom. The highest BCUT2D eigenvalue weighted by Crippen LogP contribution is 2.27. The van der Waals surface area contributed by atoms with Gasteiger partial charge in [-0.3, -0.25) is 13.9 Å². The van der Waals surface area contributed by atoms with E-state index in [9.17, 15) is 18.0 Å². The van der Waals surface area contributed by atoms with Crippen molar-refractivity contribution in [2.24, 2.45) is 0 Å². The second-order valence-electron chi connectivity index (χ2n) is 9.43. The number of nitrogens with one attached hydrogen (secondary N) is 1. The van der Waals surface area contributed by atoms with Crippen LogP contribution in [0.4, 0.5) is 5.69 Å². The maximum Gasteiger partial charge on any atom is 0.244 e. The van der Waals surface area contributed by atoms with Crippen molar-refractivity contribution in [1.29, 1.82) is 0 Å². The van der Waals surface area contributed by atoms with Crippen molar-refractivity contribution in [3.8, 4) is 11.5 Å². The second kappa shape index (κ2) is 13.9. The summed E-state index contributed by atoms with van der Waals surface area (Å²) in [7, 11) is -3.87. The molecule has 0 aromatic heterocycles. The Kier molecular flexibility index (Phi) is 10.8. The summed E-state index contributed by atoms with van der Waals surface area (Å²) in [4.78, 5) is 28.1. The predicted octanol–water partition coefficient (Wildman–Crippen LogP) is 5.88. The lowest BCUT2D eigenvalue weighted by molar-refractivity contribution is -0.139.